The van der Waals surface area contributed by atoms with Gasteiger partial charge in [0, 0.05) is 0 Å². The molecule has 3 heteroatoms. The molecule has 0 aliphatic carbocycles. The van der Waals surface area contributed by atoms with Crippen molar-refractivity contribution in [1.29, 1.82) is 0 Å². The second-order valence-electron chi connectivity index (χ2n) is 4.39. The third-order valence-corrected chi connectivity index (χ3v) is 4.44. The van der Waals surface area contributed by atoms with E-state index in [1.165, 1.54) is 29.9 Å². The van der Waals surface area contributed by atoms with Crippen molar-refractivity contribution in [3.63, 3.8) is 0 Å². The fourth-order valence-electron chi connectivity index (χ4n) is 2.47. The Kier molecular flexibility index (Phi) is 4.13. The molecule has 0 bridgehead atoms. The Morgan fingerprint density at radius 1 is 1.38 bits per heavy atom. The van der Waals surface area contributed by atoms with Crippen LogP contribution in [0.5, 0.6) is 5.75 Å². The van der Waals surface area contributed by atoms with E-state index in [2.05, 4.69) is 6.07 Å². The number of aromatic hydroxyl groups is 1. The molecule has 1 fully saturated rings. The molecule has 1 aromatic rings. The maximum Gasteiger partial charge on any atom is 0.115 e. The third-order valence-electron chi connectivity index (χ3n) is 3.39. The first kappa shape index (κ1) is 11.8. The minimum absolute atomic E-state index is 0.348. The number of thioether (sulfide) groups is 1. The van der Waals surface area contributed by atoms with Gasteiger partial charge >= 0.3 is 0 Å². The molecule has 0 spiro atoms. The van der Waals surface area contributed by atoms with Crippen LogP contribution in [0.1, 0.15) is 24.3 Å². The summed E-state index contributed by atoms with van der Waals surface area (Å²) < 4.78 is 0. The van der Waals surface area contributed by atoms with Gasteiger partial charge in [-0.1, -0.05) is 12.1 Å². The van der Waals surface area contributed by atoms with Crippen LogP contribution in [0.3, 0.4) is 0 Å². The maximum atomic E-state index is 9.51. The molecular formula is C13H19NOS. The molecule has 0 saturated carbocycles. The molecule has 1 aliphatic heterocycles. The van der Waals surface area contributed by atoms with Crippen molar-refractivity contribution >= 4 is 11.8 Å². The Bertz CT molecular complexity index is 336. The predicted molar refractivity (Wildman–Crippen MR) is 70.0 cm³/mol. The fraction of sp³-hybridized carbons (Fsp3) is 0.538. The smallest absolute Gasteiger partial charge is 0.115 e. The zero-order valence-corrected chi connectivity index (χ0v) is 10.2. The summed E-state index contributed by atoms with van der Waals surface area (Å²) in [6.45, 7) is 0.679. The van der Waals surface area contributed by atoms with Crippen molar-refractivity contribution in [2.75, 3.05) is 18.1 Å². The molecule has 0 aromatic heterocycles. The van der Waals surface area contributed by atoms with E-state index in [4.69, 9.17) is 5.73 Å². The highest BCUT2D eigenvalue weighted by Crippen LogP contribution is 2.35. The van der Waals surface area contributed by atoms with Gasteiger partial charge in [-0.05, 0) is 60.4 Å². The van der Waals surface area contributed by atoms with Gasteiger partial charge in [0.05, 0.1) is 0 Å². The zero-order valence-electron chi connectivity index (χ0n) is 9.43. The van der Waals surface area contributed by atoms with Crippen LogP contribution in [0.2, 0.25) is 0 Å². The number of phenolic OH excluding ortho intramolecular Hbond substituents is 1. The monoisotopic (exact) mass is 237 g/mol. The van der Waals surface area contributed by atoms with Crippen molar-refractivity contribution in [2.45, 2.75) is 18.8 Å². The molecule has 1 heterocycles. The second kappa shape index (κ2) is 5.60. The molecule has 1 aromatic carbocycles. The molecule has 2 nitrogen and oxygen atoms in total. The molecule has 16 heavy (non-hydrogen) atoms. The van der Waals surface area contributed by atoms with E-state index in [-0.39, 0.29) is 0 Å². The number of hydrogen-bond acceptors (Lipinski definition) is 3. The molecule has 1 aliphatic rings. The highest BCUT2D eigenvalue weighted by atomic mass is 32.2. The maximum absolute atomic E-state index is 9.51. The lowest BCUT2D eigenvalue weighted by Crippen LogP contribution is -2.24. The first-order valence-corrected chi connectivity index (χ1v) is 7.03. The normalized spacial score (nSPS) is 19.6. The van der Waals surface area contributed by atoms with E-state index in [9.17, 15) is 5.11 Å². The van der Waals surface area contributed by atoms with E-state index < -0.39 is 0 Å². The Morgan fingerprint density at radius 2 is 2.12 bits per heavy atom. The Hall–Kier alpha value is -0.670. The van der Waals surface area contributed by atoms with E-state index in [1.807, 2.05) is 23.9 Å². The predicted octanol–water partition coefficient (Wildman–Crippen LogP) is 2.58. The van der Waals surface area contributed by atoms with Gasteiger partial charge in [-0.2, -0.15) is 11.8 Å². The Morgan fingerprint density at radius 3 is 2.75 bits per heavy atom. The number of rotatable bonds is 3. The van der Waals surface area contributed by atoms with Gasteiger partial charge in [0.25, 0.3) is 0 Å². The topological polar surface area (TPSA) is 46.2 Å². The van der Waals surface area contributed by atoms with Crippen LogP contribution in [-0.2, 0) is 0 Å². The quantitative estimate of drug-likeness (QED) is 0.849. The molecule has 1 saturated heterocycles. The van der Waals surface area contributed by atoms with Crippen molar-refractivity contribution in [3.05, 3.63) is 29.8 Å². The zero-order chi connectivity index (χ0) is 11.4. The average molecular weight is 237 g/mol. The molecule has 88 valence electrons. The van der Waals surface area contributed by atoms with Crippen LogP contribution in [0.15, 0.2) is 24.3 Å². The average Bonchev–Trinajstić information content (AvgIpc) is 2.31. The minimum atomic E-state index is 0.348. The van der Waals surface area contributed by atoms with Crippen LogP contribution in [0, 0.1) is 5.92 Å². The van der Waals surface area contributed by atoms with E-state index in [0.717, 1.165) is 0 Å². The van der Waals surface area contributed by atoms with Crippen molar-refractivity contribution in [3.8, 4) is 5.75 Å². The van der Waals surface area contributed by atoms with Crippen LogP contribution in [-0.4, -0.2) is 23.2 Å². The summed E-state index contributed by atoms with van der Waals surface area (Å²) in [5, 5.41) is 9.51. The van der Waals surface area contributed by atoms with Gasteiger partial charge in [0.15, 0.2) is 0 Å². The summed E-state index contributed by atoms with van der Waals surface area (Å²) in [5.74, 6) is 3.95. The number of benzene rings is 1. The van der Waals surface area contributed by atoms with E-state index in [0.29, 0.717) is 24.1 Å². The van der Waals surface area contributed by atoms with Gasteiger partial charge in [-0.3, -0.25) is 0 Å². The highest BCUT2D eigenvalue weighted by molar-refractivity contribution is 7.99. The van der Waals surface area contributed by atoms with Crippen molar-refractivity contribution in [1.82, 2.24) is 0 Å². The van der Waals surface area contributed by atoms with Gasteiger partial charge < -0.3 is 10.8 Å². The number of hydrogen-bond donors (Lipinski definition) is 2. The molecule has 1 atom stereocenters. The second-order valence-corrected chi connectivity index (χ2v) is 5.61. The summed E-state index contributed by atoms with van der Waals surface area (Å²) in [5.41, 5.74) is 7.09. The molecule has 3 N–H and O–H groups in total. The van der Waals surface area contributed by atoms with Crippen LogP contribution >= 0.6 is 11.8 Å². The molecular weight excluding hydrogens is 218 g/mol. The minimum Gasteiger partial charge on any atom is -0.508 e. The van der Waals surface area contributed by atoms with Crippen LogP contribution in [0.25, 0.3) is 0 Å². The summed E-state index contributed by atoms with van der Waals surface area (Å²) >= 11 is 2.03. The van der Waals surface area contributed by atoms with Crippen LogP contribution < -0.4 is 5.73 Å². The van der Waals surface area contributed by atoms with Crippen molar-refractivity contribution < 1.29 is 5.11 Å². The van der Waals surface area contributed by atoms with Gasteiger partial charge in [0.1, 0.15) is 5.75 Å². The Labute approximate surface area is 101 Å². The molecule has 0 amide bonds. The summed E-state index contributed by atoms with van der Waals surface area (Å²) in [7, 11) is 0. The number of nitrogens with two attached hydrogens (primary N) is 1. The first-order valence-electron chi connectivity index (χ1n) is 5.88. The third kappa shape index (κ3) is 2.71. The lowest BCUT2D eigenvalue weighted by molar-refractivity contribution is 0.398. The molecule has 2 rings (SSSR count). The van der Waals surface area contributed by atoms with Gasteiger partial charge in [-0.25, -0.2) is 0 Å². The van der Waals surface area contributed by atoms with E-state index in [1.54, 1.807) is 6.07 Å². The Balaban J connectivity index is 2.14. The highest BCUT2D eigenvalue weighted by Gasteiger charge is 2.24. The van der Waals surface area contributed by atoms with Gasteiger partial charge in [-0.15, -0.1) is 0 Å². The standard InChI is InChI=1S/C13H19NOS/c14-9-13(10-4-6-16-7-5-10)11-2-1-3-12(15)8-11/h1-3,8,10,13,15H,4-7,9,14H2. The van der Waals surface area contributed by atoms with Crippen LogP contribution in [0.4, 0.5) is 0 Å². The number of phenols is 1. The fourth-order valence-corrected chi connectivity index (χ4v) is 3.62. The van der Waals surface area contributed by atoms with E-state index >= 15 is 0 Å². The molecule has 1 unspecified atom stereocenters. The largest absolute Gasteiger partial charge is 0.508 e. The summed E-state index contributed by atoms with van der Waals surface area (Å²) in [6.07, 6.45) is 2.50. The lowest BCUT2D eigenvalue weighted by Gasteiger charge is -2.29. The van der Waals surface area contributed by atoms with Crippen molar-refractivity contribution in [2.24, 2.45) is 11.7 Å². The molecule has 0 radical (unpaired) electrons. The summed E-state index contributed by atoms with van der Waals surface area (Å²) in [4.78, 5) is 0. The summed E-state index contributed by atoms with van der Waals surface area (Å²) in [6, 6.07) is 7.57. The lowest BCUT2D eigenvalue weighted by atomic mass is 9.82. The SMILES string of the molecule is NCC(c1cccc(O)c1)C1CCSCC1. The van der Waals surface area contributed by atoms with Gasteiger partial charge in [0.2, 0.25) is 0 Å². The first-order chi connectivity index (χ1) is 7.81.